The zero-order valence-corrected chi connectivity index (χ0v) is 7.66. The summed E-state index contributed by atoms with van der Waals surface area (Å²) in [5.74, 6) is 0. The van der Waals surface area contributed by atoms with Crippen molar-refractivity contribution in [3.63, 3.8) is 0 Å². The van der Waals surface area contributed by atoms with E-state index < -0.39 is 0 Å². The highest BCUT2D eigenvalue weighted by Gasteiger charge is 1.88. The minimum absolute atomic E-state index is 0. The van der Waals surface area contributed by atoms with E-state index in [0.29, 0.717) is 0 Å². The van der Waals surface area contributed by atoms with Gasteiger partial charge in [0.25, 0.3) is 0 Å². The molecule has 0 aliphatic heterocycles. The summed E-state index contributed by atoms with van der Waals surface area (Å²) in [5, 5.41) is 0. The molecule has 0 saturated heterocycles. The van der Waals surface area contributed by atoms with Crippen molar-refractivity contribution >= 4 is 63.4 Å². The van der Waals surface area contributed by atoms with Crippen LogP contribution in [0.3, 0.4) is 0 Å². The Morgan fingerprint density at radius 1 is 0.714 bits per heavy atom. The minimum atomic E-state index is -0.0988. The Labute approximate surface area is 72.1 Å². The van der Waals surface area contributed by atoms with E-state index in [4.69, 9.17) is 46.4 Å². The highest BCUT2D eigenvalue weighted by atomic mass is 79.9. The van der Waals surface area contributed by atoms with Crippen LogP contribution in [-0.4, -0.2) is 0 Å². The summed E-state index contributed by atoms with van der Waals surface area (Å²) < 4.78 is -0.198. The molecule has 0 fully saturated rings. The number of hydrogen-bond donors (Lipinski definition) is 0. The Morgan fingerprint density at radius 3 is 0.857 bits per heavy atom. The van der Waals surface area contributed by atoms with Crippen LogP contribution in [0.1, 0.15) is 0 Å². The molecule has 5 heteroatoms. The summed E-state index contributed by atoms with van der Waals surface area (Å²) in [6, 6.07) is 0. The van der Waals surface area contributed by atoms with Gasteiger partial charge in [-0.05, 0) is 0 Å². The second kappa shape index (κ2) is 5.52. The molecule has 44 valence electrons. The normalized spacial score (nSPS) is 6.86. The highest BCUT2D eigenvalue weighted by Crippen LogP contribution is 2.20. The maximum Gasteiger partial charge on any atom is 0.136 e. The fourth-order valence-corrected chi connectivity index (χ4v) is 0. The smallest absolute Gasteiger partial charge is 0.114 e. The first kappa shape index (κ1) is 11.2. The number of rotatable bonds is 0. The Balaban J connectivity index is 0. The molecule has 0 aromatic rings. The van der Waals surface area contributed by atoms with Crippen LogP contribution in [0.15, 0.2) is 8.98 Å². The summed E-state index contributed by atoms with van der Waals surface area (Å²) in [5.41, 5.74) is 0. The van der Waals surface area contributed by atoms with E-state index in [-0.39, 0.29) is 26.0 Å². The lowest BCUT2D eigenvalue weighted by Crippen LogP contribution is -1.47. The third-order valence-corrected chi connectivity index (χ3v) is 1.29. The lowest BCUT2D eigenvalue weighted by atomic mass is 11.2. The summed E-state index contributed by atoms with van der Waals surface area (Å²) in [7, 11) is 0. The van der Waals surface area contributed by atoms with E-state index >= 15 is 0 Å². The number of hydrogen-bond acceptors (Lipinski definition) is 0. The topological polar surface area (TPSA) is 0 Å². The zero-order chi connectivity index (χ0) is 5.15. The quantitative estimate of drug-likeness (QED) is 0.612. The van der Waals surface area contributed by atoms with Gasteiger partial charge in [0.2, 0.25) is 0 Å². The molecule has 0 aliphatic carbocycles. The fourth-order valence-electron chi connectivity index (χ4n) is 0. The van der Waals surface area contributed by atoms with Gasteiger partial charge < -0.3 is 0 Å². The van der Waals surface area contributed by atoms with Gasteiger partial charge in [0, 0.05) is 0 Å². The van der Waals surface area contributed by atoms with Crippen LogP contribution >= 0.6 is 63.4 Å². The molecular weight excluding hydrogens is 246 g/mol. The molecular formula is C2HBrCl4. The lowest BCUT2D eigenvalue weighted by Gasteiger charge is -1.75. The predicted octanol–water partition coefficient (Wildman–Crippen LogP) is 3.65. The maximum absolute atomic E-state index is 4.99. The van der Waals surface area contributed by atoms with Crippen LogP contribution in [0.5, 0.6) is 0 Å². The molecule has 7 heavy (non-hydrogen) atoms. The highest BCUT2D eigenvalue weighted by molar-refractivity contribution is 8.93. The standard InChI is InChI=1S/C2Cl4.BrH/c3-1(4)2(5)6;/h;1H. The van der Waals surface area contributed by atoms with E-state index in [1.165, 1.54) is 0 Å². The van der Waals surface area contributed by atoms with Gasteiger partial charge in [-0.15, -0.1) is 17.0 Å². The third kappa shape index (κ3) is 7.38. The first-order valence-corrected chi connectivity index (χ1v) is 2.52. The van der Waals surface area contributed by atoms with Gasteiger partial charge in [-0.1, -0.05) is 46.4 Å². The van der Waals surface area contributed by atoms with Crippen molar-refractivity contribution in [2.24, 2.45) is 0 Å². The van der Waals surface area contributed by atoms with Crippen LogP contribution in [-0.2, 0) is 0 Å². The molecule has 0 unspecified atom stereocenters. The van der Waals surface area contributed by atoms with Crippen LogP contribution in [0.2, 0.25) is 0 Å². The van der Waals surface area contributed by atoms with E-state index in [1.54, 1.807) is 0 Å². The van der Waals surface area contributed by atoms with E-state index in [9.17, 15) is 0 Å². The van der Waals surface area contributed by atoms with Gasteiger partial charge >= 0.3 is 0 Å². The largest absolute Gasteiger partial charge is 0.136 e. The van der Waals surface area contributed by atoms with Gasteiger partial charge in [0.05, 0.1) is 0 Å². The Hall–Kier alpha value is 1.38. The predicted molar refractivity (Wildman–Crippen MR) is 40.8 cm³/mol. The second-order valence-corrected chi connectivity index (χ2v) is 2.42. The first-order chi connectivity index (χ1) is 2.64. The third-order valence-electron chi connectivity index (χ3n) is 0.143. The molecule has 0 N–H and O–H groups in total. The van der Waals surface area contributed by atoms with Crippen LogP contribution in [0, 0.1) is 0 Å². The van der Waals surface area contributed by atoms with Crippen molar-refractivity contribution < 1.29 is 0 Å². The molecule has 0 spiro atoms. The van der Waals surface area contributed by atoms with E-state index in [0.717, 1.165) is 0 Å². The Morgan fingerprint density at radius 2 is 0.857 bits per heavy atom. The molecule has 0 heterocycles. The average molecular weight is 247 g/mol. The summed E-state index contributed by atoms with van der Waals surface area (Å²) in [6.45, 7) is 0. The average Bonchev–Trinajstić information content (AvgIpc) is 1.36. The fraction of sp³-hybridized carbons (Fsp3) is 0. The summed E-state index contributed by atoms with van der Waals surface area (Å²) in [6.07, 6.45) is 0. The first-order valence-electron chi connectivity index (χ1n) is 1.01. The zero-order valence-electron chi connectivity index (χ0n) is 2.92. The molecule has 0 amide bonds. The van der Waals surface area contributed by atoms with Crippen LogP contribution in [0.4, 0.5) is 0 Å². The number of halogens is 5. The maximum atomic E-state index is 4.99. The monoisotopic (exact) mass is 244 g/mol. The molecule has 0 rings (SSSR count). The van der Waals surface area contributed by atoms with Crippen molar-refractivity contribution in [2.75, 3.05) is 0 Å². The van der Waals surface area contributed by atoms with Crippen molar-refractivity contribution in [1.82, 2.24) is 0 Å². The SMILES string of the molecule is Br.ClC(Cl)=C(Cl)Cl. The van der Waals surface area contributed by atoms with Crippen molar-refractivity contribution in [1.29, 1.82) is 0 Å². The molecule has 0 bridgehead atoms. The Bertz CT molecular complexity index is 59.8. The van der Waals surface area contributed by atoms with Crippen molar-refractivity contribution in [3.8, 4) is 0 Å². The molecule has 0 saturated carbocycles. The van der Waals surface area contributed by atoms with E-state index in [2.05, 4.69) is 0 Å². The van der Waals surface area contributed by atoms with E-state index in [1.807, 2.05) is 0 Å². The molecule has 0 aromatic carbocycles. The molecule has 0 nitrogen and oxygen atoms in total. The van der Waals surface area contributed by atoms with Crippen LogP contribution in [0.25, 0.3) is 0 Å². The van der Waals surface area contributed by atoms with Crippen molar-refractivity contribution in [3.05, 3.63) is 8.98 Å². The molecule has 0 aromatic heterocycles. The second-order valence-electron chi connectivity index (χ2n) is 0.521. The summed E-state index contributed by atoms with van der Waals surface area (Å²) in [4.78, 5) is 0. The Kier molecular flexibility index (Phi) is 8.83. The van der Waals surface area contributed by atoms with Gasteiger partial charge in [-0.25, -0.2) is 0 Å². The van der Waals surface area contributed by atoms with Gasteiger partial charge in [-0.2, -0.15) is 0 Å². The summed E-state index contributed by atoms with van der Waals surface area (Å²) >= 11 is 20.0. The molecule has 0 atom stereocenters. The molecule has 0 radical (unpaired) electrons. The lowest BCUT2D eigenvalue weighted by molar-refractivity contribution is 2.25. The minimum Gasteiger partial charge on any atom is -0.114 e. The molecule has 0 aliphatic rings. The van der Waals surface area contributed by atoms with Crippen LogP contribution < -0.4 is 0 Å². The van der Waals surface area contributed by atoms with Gasteiger partial charge in [0.15, 0.2) is 0 Å². The van der Waals surface area contributed by atoms with Crippen molar-refractivity contribution in [2.45, 2.75) is 0 Å². The van der Waals surface area contributed by atoms with Gasteiger partial charge in [-0.3, -0.25) is 0 Å². The van der Waals surface area contributed by atoms with Gasteiger partial charge in [0.1, 0.15) is 8.98 Å².